The van der Waals surface area contributed by atoms with Crippen molar-refractivity contribution < 1.29 is 22.8 Å². The van der Waals surface area contributed by atoms with Crippen molar-refractivity contribution in [3.8, 4) is 0 Å². The fraction of sp³-hybridized carbons (Fsp3) is 0.500. The van der Waals surface area contributed by atoms with Gasteiger partial charge in [-0.3, -0.25) is 14.4 Å². The molecule has 1 heterocycles. The van der Waals surface area contributed by atoms with Crippen molar-refractivity contribution in [2.45, 2.75) is 58.4 Å². The van der Waals surface area contributed by atoms with Crippen molar-refractivity contribution >= 4 is 38.6 Å². The molecule has 178 valence electrons. The number of sulfone groups is 1. The van der Waals surface area contributed by atoms with E-state index in [2.05, 4.69) is 10.3 Å². The number of carbonyl (C=O) groups excluding carboxylic acids is 3. The number of hydrogen-bond acceptors (Lipinski definition) is 7. The highest BCUT2D eigenvalue weighted by molar-refractivity contribution is 7.90. The molecule has 1 N–H and O–H groups in total. The predicted molar refractivity (Wildman–Crippen MR) is 128 cm³/mol. The molecular formula is C24H30N2O5S2. The number of aromatic nitrogens is 1. The van der Waals surface area contributed by atoms with Crippen LogP contribution in [0.1, 0.15) is 64.3 Å². The molecule has 1 amide bonds. The molecule has 1 fully saturated rings. The van der Waals surface area contributed by atoms with Crippen LogP contribution in [0.25, 0.3) is 0 Å². The van der Waals surface area contributed by atoms with Gasteiger partial charge in [-0.1, -0.05) is 30.5 Å². The molecule has 0 unspecified atom stereocenters. The Labute approximate surface area is 198 Å². The molecule has 0 saturated heterocycles. The minimum atomic E-state index is -3.19. The van der Waals surface area contributed by atoms with Gasteiger partial charge in [0.25, 0.3) is 0 Å². The summed E-state index contributed by atoms with van der Waals surface area (Å²) >= 11 is 1.35. The largest absolute Gasteiger partial charge is 0.350 e. The third-order valence-corrected chi connectivity index (χ3v) is 7.60. The molecule has 0 aliphatic heterocycles. The van der Waals surface area contributed by atoms with Gasteiger partial charge in [-0.2, -0.15) is 0 Å². The third-order valence-electron chi connectivity index (χ3n) is 5.76. The first-order valence-corrected chi connectivity index (χ1v) is 14.1. The Morgan fingerprint density at radius 1 is 1.15 bits per heavy atom. The Bertz CT molecular complexity index is 1130. The van der Waals surface area contributed by atoms with Crippen LogP contribution in [0.4, 0.5) is 0 Å². The fourth-order valence-corrected chi connectivity index (χ4v) is 5.37. The summed E-state index contributed by atoms with van der Waals surface area (Å²) in [5.41, 5.74) is 3.09. The smallest absolute Gasteiger partial charge is 0.221 e. The summed E-state index contributed by atoms with van der Waals surface area (Å²) in [5.74, 6) is -0.348. The van der Waals surface area contributed by atoms with Crippen LogP contribution in [-0.2, 0) is 38.8 Å². The molecule has 0 atom stereocenters. The van der Waals surface area contributed by atoms with Crippen LogP contribution in [-0.4, -0.2) is 42.9 Å². The summed E-state index contributed by atoms with van der Waals surface area (Å²) in [6, 6.07) is 5.72. The van der Waals surface area contributed by atoms with Crippen molar-refractivity contribution in [1.82, 2.24) is 10.3 Å². The molecule has 1 aliphatic rings. The normalized spacial score (nSPS) is 14.4. The first kappa shape index (κ1) is 25.2. The molecule has 0 radical (unpaired) electrons. The standard InChI is InChI=1S/C24H30N2O5S2/c1-16-7-8-18(21(11-16)24(29)17-5-3-4-6-17)12-20(27)13-23-26-19(15-32-23)14-25-22(28)9-10-33(2,30)31/h7-8,11,15,17H,3-6,9-10,12-14H2,1-2H3,(H,25,28). The lowest BCUT2D eigenvalue weighted by atomic mass is 9.90. The monoisotopic (exact) mass is 490 g/mol. The summed E-state index contributed by atoms with van der Waals surface area (Å²) < 4.78 is 22.3. The van der Waals surface area contributed by atoms with Crippen molar-refractivity contribution in [1.29, 1.82) is 0 Å². The van der Waals surface area contributed by atoms with Crippen LogP contribution in [0, 0.1) is 12.8 Å². The van der Waals surface area contributed by atoms with Crippen LogP contribution in [0.5, 0.6) is 0 Å². The van der Waals surface area contributed by atoms with E-state index in [1.807, 2.05) is 25.1 Å². The number of Topliss-reactive ketones (excluding diaryl/α,β-unsaturated/α-hetero) is 2. The van der Waals surface area contributed by atoms with E-state index in [1.165, 1.54) is 11.3 Å². The Hall–Kier alpha value is -2.39. The SMILES string of the molecule is Cc1ccc(CC(=O)Cc2nc(CNC(=O)CCS(C)(=O)=O)cs2)c(C(=O)C2CCCC2)c1. The molecule has 0 spiro atoms. The summed E-state index contributed by atoms with van der Waals surface area (Å²) in [7, 11) is -3.19. The van der Waals surface area contributed by atoms with Gasteiger partial charge in [0.05, 0.1) is 24.4 Å². The second-order valence-corrected chi connectivity index (χ2v) is 12.0. The van der Waals surface area contributed by atoms with E-state index in [9.17, 15) is 22.8 Å². The summed E-state index contributed by atoms with van der Waals surface area (Å²) in [4.78, 5) is 41.9. The van der Waals surface area contributed by atoms with Gasteiger partial charge in [0.1, 0.15) is 20.6 Å². The zero-order valence-corrected chi connectivity index (χ0v) is 20.7. The first-order valence-electron chi connectivity index (χ1n) is 11.1. The minimum absolute atomic E-state index is 0.0163. The number of nitrogens with one attached hydrogen (secondary N) is 1. The van der Waals surface area contributed by atoms with Crippen molar-refractivity contribution in [2.24, 2.45) is 5.92 Å². The number of rotatable bonds is 11. The van der Waals surface area contributed by atoms with E-state index >= 15 is 0 Å². The van der Waals surface area contributed by atoms with Gasteiger partial charge in [0.15, 0.2) is 5.78 Å². The van der Waals surface area contributed by atoms with Gasteiger partial charge >= 0.3 is 0 Å². The first-order chi connectivity index (χ1) is 15.6. The maximum atomic E-state index is 13.0. The fourth-order valence-electron chi connectivity index (χ4n) is 3.99. The number of carbonyl (C=O) groups is 3. The molecule has 1 aromatic heterocycles. The quantitative estimate of drug-likeness (QED) is 0.484. The highest BCUT2D eigenvalue weighted by Crippen LogP contribution is 2.29. The van der Waals surface area contributed by atoms with Gasteiger partial charge < -0.3 is 5.32 Å². The zero-order valence-electron chi connectivity index (χ0n) is 19.1. The van der Waals surface area contributed by atoms with Crippen LogP contribution >= 0.6 is 11.3 Å². The van der Waals surface area contributed by atoms with Gasteiger partial charge in [0.2, 0.25) is 5.91 Å². The van der Waals surface area contributed by atoms with E-state index in [-0.39, 0.29) is 55.0 Å². The Morgan fingerprint density at radius 3 is 2.58 bits per heavy atom. The zero-order chi connectivity index (χ0) is 24.0. The van der Waals surface area contributed by atoms with Gasteiger partial charge in [-0.05, 0) is 31.4 Å². The van der Waals surface area contributed by atoms with Crippen molar-refractivity contribution in [2.75, 3.05) is 12.0 Å². The number of aryl methyl sites for hydroxylation is 1. The Balaban J connectivity index is 1.56. The predicted octanol–water partition coefficient (Wildman–Crippen LogP) is 3.23. The van der Waals surface area contributed by atoms with Crippen molar-refractivity contribution in [3.05, 3.63) is 51.0 Å². The molecule has 9 heteroatoms. The van der Waals surface area contributed by atoms with E-state index in [0.717, 1.165) is 43.1 Å². The number of hydrogen-bond donors (Lipinski definition) is 1. The highest BCUT2D eigenvalue weighted by atomic mass is 32.2. The number of amides is 1. The highest BCUT2D eigenvalue weighted by Gasteiger charge is 2.26. The van der Waals surface area contributed by atoms with Crippen LogP contribution in [0.2, 0.25) is 0 Å². The number of ketones is 2. The van der Waals surface area contributed by atoms with E-state index < -0.39 is 9.84 Å². The third kappa shape index (κ3) is 7.85. The molecule has 1 saturated carbocycles. The van der Waals surface area contributed by atoms with E-state index in [4.69, 9.17) is 0 Å². The van der Waals surface area contributed by atoms with E-state index in [1.54, 1.807) is 5.38 Å². The lowest BCUT2D eigenvalue weighted by Gasteiger charge is -2.13. The lowest BCUT2D eigenvalue weighted by Crippen LogP contribution is -2.25. The molecule has 7 nitrogen and oxygen atoms in total. The second kappa shape index (κ2) is 11.2. The van der Waals surface area contributed by atoms with Crippen LogP contribution < -0.4 is 5.32 Å². The lowest BCUT2D eigenvalue weighted by molar-refractivity contribution is -0.121. The molecular weight excluding hydrogens is 460 g/mol. The topological polar surface area (TPSA) is 110 Å². The number of nitrogens with zero attached hydrogens (tertiary/aromatic N) is 1. The van der Waals surface area contributed by atoms with Gasteiger partial charge in [-0.15, -0.1) is 11.3 Å². The summed E-state index contributed by atoms with van der Waals surface area (Å²) in [6.07, 6.45) is 5.37. The molecule has 0 bridgehead atoms. The molecule has 1 aromatic carbocycles. The van der Waals surface area contributed by atoms with Crippen LogP contribution in [0.15, 0.2) is 23.6 Å². The van der Waals surface area contributed by atoms with Gasteiger partial charge in [-0.25, -0.2) is 13.4 Å². The van der Waals surface area contributed by atoms with E-state index in [0.29, 0.717) is 16.3 Å². The van der Waals surface area contributed by atoms with Crippen molar-refractivity contribution in [3.63, 3.8) is 0 Å². The Kier molecular flexibility index (Phi) is 8.53. The minimum Gasteiger partial charge on any atom is -0.350 e. The van der Waals surface area contributed by atoms with Crippen LogP contribution in [0.3, 0.4) is 0 Å². The molecule has 2 aromatic rings. The second-order valence-electron chi connectivity index (χ2n) is 8.79. The number of benzene rings is 1. The average Bonchev–Trinajstić information content (AvgIpc) is 3.43. The number of thiazole rings is 1. The maximum Gasteiger partial charge on any atom is 0.221 e. The summed E-state index contributed by atoms with van der Waals surface area (Å²) in [6.45, 7) is 2.14. The summed E-state index contributed by atoms with van der Waals surface area (Å²) in [5, 5.41) is 5.08. The molecule has 33 heavy (non-hydrogen) atoms. The molecule has 1 aliphatic carbocycles. The Morgan fingerprint density at radius 2 is 1.88 bits per heavy atom. The van der Waals surface area contributed by atoms with Gasteiger partial charge in [0, 0.05) is 36.0 Å². The average molecular weight is 491 g/mol. The molecule has 3 rings (SSSR count). The maximum absolute atomic E-state index is 13.0.